The third kappa shape index (κ3) is 2.98. The molecule has 2 heterocycles. The predicted octanol–water partition coefficient (Wildman–Crippen LogP) is 2.69. The van der Waals surface area contributed by atoms with E-state index in [1.54, 1.807) is 0 Å². The minimum absolute atomic E-state index is 0.165. The first-order valence-corrected chi connectivity index (χ1v) is 8.53. The van der Waals surface area contributed by atoms with Crippen molar-refractivity contribution < 1.29 is 9.84 Å². The molecule has 23 heavy (non-hydrogen) atoms. The van der Waals surface area contributed by atoms with Crippen LogP contribution in [0.25, 0.3) is 10.9 Å². The Hall–Kier alpha value is -1.88. The normalized spacial score (nSPS) is 21.1. The number of anilines is 1. The molecule has 1 aromatic heterocycles. The fourth-order valence-electron chi connectivity index (χ4n) is 3.32. The van der Waals surface area contributed by atoms with Gasteiger partial charge in [-0.2, -0.15) is 0 Å². The summed E-state index contributed by atoms with van der Waals surface area (Å²) in [6, 6.07) is 6.24. The maximum atomic E-state index is 9.61. The molecule has 0 bridgehead atoms. The van der Waals surface area contributed by atoms with Crippen LogP contribution in [0.5, 0.6) is 5.75 Å². The molecule has 2 aromatic rings. The molecule has 0 spiro atoms. The summed E-state index contributed by atoms with van der Waals surface area (Å²) in [5, 5.41) is 10.6. The summed E-state index contributed by atoms with van der Waals surface area (Å²) in [6.07, 6.45) is 4.69. The average Bonchev–Trinajstić information content (AvgIpc) is 3.26. The van der Waals surface area contributed by atoms with Crippen LogP contribution in [0.15, 0.2) is 18.2 Å². The first-order valence-electron chi connectivity index (χ1n) is 8.53. The molecule has 1 aliphatic heterocycles. The number of aliphatic hydroxyl groups is 1. The molecule has 1 aromatic carbocycles. The molecule has 0 radical (unpaired) electrons. The van der Waals surface area contributed by atoms with E-state index in [-0.39, 0.29) is 12.6 Å². The molecule has 5 heteroatoms. The number of hydrogen-bond donors (Lipinski definition) is 1. The largest absolute Gasteiger partial charge is 0.493 e. The van der Waals surface area contributed by atoms with Gasteiger partial charge >= 0.3 is 0 Å². The van der Waals surface area contributed by atoms with Crippen molar-refractivity contribution in [2.24, 2.45) is 5.92 Å². The van der Waals surface area contributed by atoms with Gasteiger partial charge in [-0.1, -0.05) is 0 Å². The summed E-state index contributed by atoms with van der Waals surface area (Å²) >= 11 is 0. The van der Waals surface area contributed by atoms with Crippen LogP contribution in [-0.2, 0) is 0 Å². The number of aryl methyl sites for hydroxylation is 1. The lowest BCUT2D eigenvalue weighted by molar-refractivity contribution is 0.266. The Labute approximate surface area is 136 Å². The molecule has 5 nitrogen and oxygen atoms in total. The van der Waals surface area contributed by atoms with Crippen molar-refractivity contribution in [3.05, 3.63) is 24.0 Å². The fourth-order valence-corrected chi connectivity index (χ4v) is 3.32. The Balaban J connectivity index is 1.69. The molecule has 0 unspecified atom stereocenters. The van der Waals surface area contributed by atoms with Crippen LogP contribution in [0, 0.1) is 12.8 Å². The molecule has 1 saturated carbocycles. The number of rotatable bonds is 5. The van der Waals surface area contributed by atoms with Crippen LogP contribution in [-0.4, -0.2) is 40.9 Å². The highest BCUT2D eigenvalue weighted by Crippen LogP contribution is 2.33. The summed E-state index contributed by atoms with van der Waals surface area (Å²) in [5.41, 5.74) is 0.921. The van der Waals surface area contributed by atoms with Gasteiger partial charge in [0.25, 0.3) is 0 Å². The van der Waals surface area contributed by atoms with Crippen molar-refractivity contribution in [2.75, 3.05) is 24.7 Å². The first kappa shape index (κ1) is 14.7. The van der Waals surface area contributed by atoms with Crippen LogP contribution in [0.4, 0.5) is 5.82 Å². The highest BCUT2D eigenvalue weighted by atomic mass is 16.5. The van der Waals surface area contributed by atoms with Crippen LogP contribution in [0.1, 0.15) is 31.5 Å². The van der Waals surface area contributed by atoms with Crippen molar-refractivity contribution >= 4 is 16.7 Å². The van der Waals surface area contributed by atoms with Gasteiger partial charge < -0.3 is 14.7 Å². The highest BCUT2D eigenvalue weighted by Gasteiger charge is 2.27. The highest BCUT2D eigenvalue weighted by molar-refractivity contribution is 5.90. The predicted molar refractivity (Wildman–Crippen MR) is 89.9 cm³/mol. The van der Waals surface area contributed by atoms with Crippen LogP contribution >= 0.6 is 0 Å². The number of aromatic nitrogens is 2. The Kier molecular flexibility index (Phi) is 3.81. The number of aliphatic hydroxyl groups excluding tert-OH is 1. The minimum Gasteiger partial charge on any atom is -0.493 e. The van der Waals surface area contributed by atoms with E-state index in [0.29, 0.717) is 0 Å². The molecule has 122 valence electrons. The van der Waals surface area contributed by atoms with E-state index in [0.717, 1.165) is 60.2 Å². The van der Waals surface area contributed by atoms with E-state index in [1.165, 1.54) is 12.8 Å². The summed E-state index contributed by atoms with van der Waals surface area (Å²) in [4.78, 5) is 11.5. The lowest BCUT2D eigenvalue weighted by atomic mass is 10.2. The van der Waals surface area contributed by atoms with Crippen LogP contribution in [0.2, 0.25) is 0 Å². The van der Waals surface area contributed by atoms with Gasteiger partial charge in [-0.25, -0.2) is 9.97 Å². The summed E-state index contributed by atoms with van der Waals surface area (Å²) in [7, 11) is 0. The molecule has 1 atom stereocenters. The maximum absolute atomic E-state index is 9.61. The number of hydrogen-bond acceptors (Lipinski definition) is 5. The van der Waals surface area contributed by atoms with E-state index in [4.69, 9.17) is 4.74 Å². The number of benzene rings is 1. The van der Waals surface area contributed by atoms with Crippen LogP contribution < -0.4 is 9.64 Å². The molecular formula is C18H23N3O2. The van der Waals surface area contributed by atoms with Crippen molar-refractivity contribution in [3.8, 4) is 5.75 Å². The smallest absolute Gasteiger partial charge is 0.140 e. The van der Waals surface area contributed by atoms with E-state index >= 15 is 0 Å². The van der Waals surface area contributed by atoms with E-state index in [2.05, 4.69) is 20.9 Å². The number of fused-ring (bicyclic) bond motifs is 1. The summed E-state index contributed by atoms with van der Waals surface area (Å²) in [6.45, 7) is 3.84. The van der Waals surface area contributed by atoms with Crippen LogP contribution in [0.3, 0.4) is 0 Å². The fraction of sp³-hybridized carbons (Fsp3) is 0.556. The second-order valence-corrected chi connectivity index (χ2v) is 6.70. The number of nitrogens with zero attached hydrogens (tertiary/aromatic N) is 3. The zero-order valence-corrected chi connectivity index (χ0v) is 13.5. The lowest BCUT2D eigenvalue weighted by Gasteiger charge is -2.25. The SMILES string of the molecule is Cc1nc(N2CCC[C@H]2CO)c2ccc(OCC3CC3)cc2n1. The average molecular weight is 313 g/mol. The van der Waals surface area contributed by atoms with Crippen molar-refractivity contribution in [2.45, 2.75) is 38.6 Å². The Bertz CT molecular complexity index is 715. The van der Waals surface area contributed by atoms with Gasteiger partial charge in [-0.15, -0.1) is 0 Å². The van der Waals surface area contributed by atoms with Crippen molar-refractivity contribution in [3.63, 3.8) is 0 Å². The quantitative estimate of drug-likeness (QED) is 0.919. The van der Waals surface area contributed by atoms with Gasteiger partial charge in [0, 0.05) is 18.0 Å². The molecule has 2 fully saturated rings. The van der Waals surface area contributed by atoms with Crippen molar-refractivity contribution in [1.29, 1.82) is 0 Å². The van der Waals surface area contributed by atoms with Gasteiger partial charge in [0.1, 0.15) is 17.4 Å². The summed E-state index contributed by atoms with van der Waals surface area (Å²) < 4.78 is 5.87. The van der Waals surface area contributed by atoms with Gasteiger partial charge in [0.2, 0.25) is 0 Å². The monoisotopic (exact) mass is 313 g/mol. The Morgan fingerprint density at radius 3 is 2.91 bits per heavy atom. The molecule has 2 aliphatic rings. The summed E-state index contributed by atoms with van der Waals surface area (Å²) in [5.74, 6) is 3.32. The molecule has 0 amide bonds. The first-order chi connectivity index (χ1) is 11.2. The second kappa shape index (κ2) is 5.96. The van der Waals surface area contributed by atoms with E-state index < -0.39 is 0 Å². The van der Waals surface area contributed by atoms with E-state index in [1.807, 2.05) is 19.1 Å². The van der Waals surface area contributed by atoms with Gasteiger partial charge in [0.05, 0.1) is 24.8 Å². The van der Waals surface area contributed by atoms with Crippen molar-refractivity contribution in [1.82, 2.24) is 9.97 Å². The van der Waals surface area contributed by atoms with Gasteiger partial charge in [-0.05, 0) is 50.7 Å². The number of ether oxygens (including phenoxy) is 1. The molecule has 4 rings (SSSR count). The topological polar surface area (TPSA) is 58.5 Å². The van der Waals surface area contributed by atoms with E-state index in [9.17, 15) is 5.11 Å². The Morgan fingerprint density at radius 2 is 2.13 bits per heavy atom. The molecule has 1 aliphatic carbocycles. The third-order valence-corrected chi connectivity index (χ3v) is 4.80. The zero-order chi connectivity index (χ0) is 15.8. The van der Waals surface area contributed by atoms with Gasteiger partial charge in [-0.3, -0.25) is 0 Å². The maximum Gasteiger partial charge on any atom is 0.140 e. The standard InChI is InChI=1S/C18H23N3O2/c1-12-19-17-9-15(23-11-13-4-5-13)6-7-16(17)18(20-12)21-8-2-3-14(21)10-22/h6-7,9,13-14,22H,2-5,8,10-11H2,1H3/t14-/m0/s1. The lowest BCUT2D eigenvalue weighted by Crippen LogP contribution is -2.33. The second-order valence-electron chi connectivity index (χ2n) is 6.70. The Morgan fingerprint density at radius 1 is 1.26 bits per heavy atom. The van der Waals surface area contributed by atoms with Gasteiger partial charge in [0.15, 0.2) is 0 Å². The third-order valence-electron chi connectivity index (χ3n) is 4.80. The molecule has 1 N–H and O–H groups in total. The zero-order valence-electron chi connectivity index (χ0n) is 13.5. The molecule has 1 saturated heterocycles. The molecular weight excluding hydrogens is 290 g/mol. The minimum atomic E-state index is 0.165.